The fourth-order valence-electron chi connectivity index (χ4n) is 2.30. The largest absolute Gasteiger partial charge is 0.384 e. The zero-order valence-corrected chi connectivity index (χ0v) is 15.0. The average molecular weight is 361 g/mol. The van der Waals surface area contributed by atoms with Crippen LogP contribution in [-0.4, -0.2) is 39.5 Å². The van der Waals surface area contributed by atoms with Crippen molar-refractivity contribution in [1.29, 1.82) is 0 Å². The number of aryl methyl sites for hydroxylation is 1. The van der Waals surface area contributed by atoms with Crippen molar-refractivity contribution >= 4 is 17.2 Å². The van der Waals surface area contributed by atoms with Crippen molar-refractivity contribution in [2.24, 2.45) is 7.05 Å². The lowest BCUT2D eigenvalue weighted by atomic mass is 10.2. The van der Waals surface area contributed by atoms with Crippen molar-refractivity contribution < 1.29 is 14.1 Å². The third-order valence-corrected chi connectivity index (χ3v) is 4.51. The number of ether oxygens (including phenoxy) is 1. The summed E-state index contributed by atoms with van der Waals surface area (Å²) < 4.78 is 11.9. The van der Waals surface area contributed by atoms with Crippen LogP contribution >= 0.6 is 11.3 Å². The molecule has 1 N–H and O–H groups in total. The van der Waals surface area contributed by atoms with Crippen molar-refractivity contribution in [1.82, 2.24) is 25.2 Å². The van der Waals surface area contributed by atoms with Gasteiger partial charge in [-0.25, -0.2) is 0 Å². The number of aromatic nitrogens is 4. The minimum Gasteiger partial charge on any atom is -0.384 e. The highest BCUT2D eigenvalue weighted by atomic mass is 32.1. The number of carbonyl (C=O) groups is 1. The highest BCUT2D eigenvalue weighted by Crippen LogP contribution is 2.25. The molecule has 3 aromatic rings. The Hall–Kier alpha value is -2.52. The molecule has 0 spiro atoms. The molecule has 0 aliphatic carbocycles. The molecular weight excluding hydrogens is 342 g/mol. The van der Waals surface area contributed by atoms with Crippen molar-refractivity contribution in [3.05, 3.63) is 41.0 Å². The molecule has 3 heterocycles. The summed E-state index contributed by atoms with van der Waals surface area (Å²) in [6.07, 6.45) is 0.561. The van der Waals surface area contributed by atoms with Crippen LogP contribution in [0.4, 0.5) is 0 Å². The minimum atomic E-state index is -0.413. The number of nitrogens with one attached hydrogen (secondary N) is 1. The highest BCUT2D eigenvalue weighted by Gasteiger charge is 2.20. The van der Waals surface area contributed by atoms with Crippen LogP contribution < -0.4 is 5.32 Å². The number of hydrogen-bond donors (Lipinski definition) is 1. The summed E-state index contributed by atoms with van der Waals surface area (Å²) in [5.74, 6) is 0.618. The van der Waals surface area contributed by atoms with Gasteiger partial charge in [-0.3, -0.25) is 9.48 Å². The number of thiophene rings is 1. The van der Waals surface area contributed by atoms with Crippen LogP contribution in [0.2, 0.25) is 0 Å². The molecule has 0 aromatic carbocycles. The molecule has 1 atom stereocenters. The second-order valence-electron chi connectivity index (χ2n) is 5.50. The first kappa shape index (κ1) is 17.3. The highest BCUT2D eigenvalue weighted by molar-refractivity contribution is 7.13. The molecule has 0 aliphatic rings. The van der Waals surface area contributed by atoms with Crippen LogP contribution in [0.3, 0.4) is 0 Å². The second-order valence-corrected chi connectivity index (χ2v) is 6.45. The van der Waals surface area contributed by atoms with Gasteiger partial charge in [0.25, 0.3) is 5.91 Å². The van der Waals surface area contributed by atoms with Gasteiger partial charge in [0, 0.05) is 20.6 Å². The maximum Gasteiger partial charge on any atom is 0.272 e. The fourth-order valence-corrected chi connectivity index (χ4v) is 3.08. The Morgan fingerprint density at radius 3 is 3.08 bits per heavy atom. The summed E-state index contributed by atoms with van der Waals surface area (Å²) in [5.41, 5.74) is 1.24. The van der Waals surface area contributed by atoms with E-state index in [9.17, 15) is 4.79 Å². The standard InChI is InChI=1S/C16H19N5O3S/c1-10(16-18-14(20-24-16)6-7-23-3)17-15(22)11-9-12(21(2)19-11)13-5-4-8-25-13/h4-5,8-10H,6-7H2,1-3H3,(H,17,22). The second kappa shape index (κ2) is 7.58. The van der Waals surface area contributed by atoms with E-state index in [1.54, 1.807) is 36.1 Å². The minimum absolute atomic E-state index is 0.289. The van der Waals surface area contributed by atoms with Crippen LogP contribution in [0.25, 0.3) is 10.6 Å². The van der Waals surface area contributed by atoms with Gasteiger partial charge in [0.05, 0.1) is 17.2 Å². The average Bonchev–Trinajstić information content (AvgIpc) is 3.33. The summed E-state index contributed by atoms with van der Waals surface area (Å²) in [6, 6.07) is 5.31. The lowest BCUT2D eigenvalue weighted by molar-refractivity contribution is 0.0926. The van der Waals surface area contributed by atoms with E-state index in [4.69, 9.17) is 9.26 Å². The maximum atomic E-state index is 12.4. The number of rotatable bonds is 7. The first-order valence-electron chi connectivity index (χ1n) is 7.78. The van der Waals surface area contributed by atoms with E-state index in [1.165, 1.54) is 0 Å². The first-order valence-corrected chi connectivity index (χ1v) is 8.66. The van der Waals surface area contributed by atoms with Crippen LogP contribution in [-0.2, 0) is 18.2 Å². The zero-order valence-electron chi connectivity index (χ0n) is 14.2. The van der Waals surface area contributed by atoms with Crippen molar-refractivity contribution in [3.8, 4) is 10.6 Å². The number of nitrogens with zero attached hydrogens (tertiary/aromatic N) is 4. The Balaban J connectivity index is 1.67. The molecule has 25 heavy (non-hydrogen) atoms. The van der Waals surface area contributed by atoms with Gasteiger partial charge < -0.3 is 14.6 Å². The molecule has 132 valence electrons. The van der Waals surface area contributed by atoms with E-state index in [-0.39, 0.29) is 5.91 Å². The predicted octanol–water partition coefficient (Wildman–Crippen LogP) is 2.21. The molecule has 9 heteroatoms. The summed E-state index contributed by atoms with van der Waals surface area (Å²) in [7, 11) is 3.43. The van der Waals surface area contributed by atoms with E-state index in [1.807, 2.05) is 24.6 Å². The molecule has 8 nitrogen and oxygen atoms in total. The molecule has 0 saturated carbocycles. The molecular formula is C16H19N5O3S. The van der Waals surface area contributed by atoms with E-state index in [0.29, 0.717) is 30.4 Å². The molecule has 0 saturated heterocycles. The van der Waals surface area contributed by atoms with Crippen molar-refractivity contribution in [2.75, 3.05) is 13.7 Å². The van der Waals surface area contributed by atoms with Gasteiger partial charge >= 0.3 is 0 Å². The number of methoxy groups -OCH3 is 1. The van der Waals surface area contributed by atoms with Gasteiger partial charge in [0.2, 0.25) is 5.89 Å². The van der Waals surface area contributed by atoms with Crippen LogP contribution in [0, 0.1) is 0 Å². The maximum absolute atomic E-state index is 12.4. The van der Waals surface area contributed by atoms with E-state index < -0.39 is 6.04 Å². The number of amides is 1. The molecule has 1 unspecified atom stereocenters. The Morgan fingerprint density at radius 1 is 1.52 bits per heavy atom. The van der Waals surface area contributed by atoms with Gasteiger partial charge in [0.1, 0.15) is 6.04 Å². The van der Waals surface area contributed by atoms with Crippen molar-refractivity contribution in [2.45, 2.75) is 19.4 Å². The predicted molar refractivity (Wildman–Crippen MR) is 92.3 cm³/mol. The quantitative estimate of drug-likeness (QED) is 0.693. The topological polar surface area (TPSA) is 95.1 Å². The SMILES string of the molecule is COCCc1noc(C(C)NC(=O)c2cc(-c3cccs3)n(C)n2)n1. The van der Waals surface area contributed by atoms with Crippen LogP contribution in [0.5, 0.6) is 0 Å². The van der Waals surface area contributed by atoms with E-state index >= 15 is 0 Å². The Morgan fingerprint density at radius 2 is 2.36 bits per heavy atom. The summed E-state index contributed by atoms with van der Waals surface area (Å²) in [5, 5.41) is 13.0. The van der Waals surface area contributed by atoms with Gasteiger partial charge in [-0.1, -0.05) is 11.2 Å². The fraction of sp³-hybridized carbons (Fsp3) is 0.375. The summed E-state index contributed by atoms with van der Waals surface area (Å²) >= 11 is 1.60. The lowest BCUT2D eigenvalue weighted by Crippen LogP contribution is -2.27. The lowest BCUT2D eigenvalue weighted by Gasteiger charge is -2.07. The van der Waals surface area contributed by atoms with E-state index in [0.717, 1.165) is 10.6 Å². The van der Waals surface area contributed by atoms with Crippen LogP contribution in [0.15, 0.2) is 28.1 Å². The molecule has 3 rings (SSSR count). The Bertz CT molecular complexity index is 840. The monoisotopic (exact) mass is 361 g/mol. The van der Waals surface area contributed by atoms with E-state index in [2.05, 4.69) is 20.6 Å². The van der Waals surface area contributed by atoms with Gasteiger partial charge in [-0.2, -0.15) is 10.1 Å². The Kier molecular flexibility index (Phi) is 5.25. The molecule has 3 aromatic heterocycles. The third-order valence-electron chi connectivity index (χ3n) is 3.62. The molecule has 0 fully saturated rings. The van der Waals surface area contributed by atoms with Crippen LogP contribution in [0.1, 0.15) is 35.2 Å². The number of hydrogen-bond acceptors (Lipinski definition) is 7. The van der Waals surface area contributed by atoms with Gasteiger partial charge in [0.15, 0.2) is 11.5 Å². The van der Waals surface area contributed by atoms with Crippen molar-refractivity contribution in [3.63, 3.8) is 0 Å². The first-order chi connectivity index (χ1) is 12.1. The Labute approximate surface area is 148 Å². The molecule has 0 radical (unpaired) electrons. The third kappa shape index (κ3) is 3.94. The molecule has 0 bridgehead atoms. The summed E-state index contributed by atoms with van der Waals surface area (Å²) in [6.45, 7) is 2.30. The summed E-state index contributed by atoms with van der Waals surface area (Å²) in [4.78, 5) is 17.8. The smallest absolute Gasteiger partial charge is 0.272 e. The molecule has 1 amide bonds. The number of carbonyl (C=O) groups excluding carboxylic acids is 1. The van der Waals surface area contributed by atoms with Gasteiger partial charge in [-0.05, 0) is 24.4 Å². The van der Waals surface area contributed by atoms with Gasteiger partial charge in [-0.15, -0.1) is 11.3 Å². The normalized spacial score (nSPS) is 12.3. The molecule has 0 aliphatic heterocycles. The zero-order chi connectivity index (χ0) is 17.8.